The molecule has 7 heteroatoms. The van der Waals surface area contributed by atoms with Crippen LogP contribution in [0.2, 0.25) is 0 Å². The lowest BCUT2D eigenvalue weighted by molar-refractivity contribution is -0.116. The molecule has 0 saturated carbocycles. The molecule has 1 heterocycles. The van der Waals surface area contributed by atoms with Crippen LogP contribution in [0.15, 0.2) is 83.4 Å². The van der Waals surface area contributed by atoms with Gasteiger partial charge in [0, 0.05) is 24.6 Å². The summed E-state index contributed by atoms with van der Waals surface area (Å²) in [7, 11) is 3.18. The number of anilines is 1. The summed E-state index contributed by atoms with van der Waals surface area (Å²) in [6.45, 7) is 0. The first-order valence-electron chi connectivity index (χ1n) is 10.4. The van der Waals surface area contributed by atoms with Crippen molar-refractivity contribution in [2.24, 2.45) is 0 Å². The van der Waals surface area contributed by atoms with Crippen molar-refractivity contribution < 1.29 is 23.4 Å². The molecule has 0 spiro atoms. The maximum Gasteiger partial charge on any atom is 0.224 e. The van der Waals surface area contributed by atoms with Crippen LogP contribution in [-0.4, -0.2) is 25.1 Å². The van der Waals surface area contributed by atoms with Gasteiger partial charge in [-0.05, 0) is 48.5 Å². The highest BCUT2D eigenvalue weighted by atomic mass is 16.5. The molecular formula is C26H24N2O5. The number of hydrogen-bond donors (Lipinski definition) is 1. The summed E-state index contributed by atoms with van der Waals surface area (Å²) in [6.07, 6.45) is 2.24. The van der Waals surface area contributed by atoms with E-state index in [-0.39, 0.29) is 12.3 Å². The molecule has 1 aromatic heterocycles. The number of carbonyl (C=O) groups is 1. The monoisotopic (exact) mass is 444 g/mol. The zero-order chi connectivity index (χ0) is 23.0. The number of amides is 1. The number of hydrogen-bond acceptors (Lipinski definition) is 6. The fourth-order valence-electron chi connectivity index (χ4n) is 3.23. The molecule has 0 bridgehead atoms. The van der Waals surface area contributed by atoms with Crippen LogP contribution in [0, 0.1) is 0 Å². The van der Waals surface area contributed by atoms with E-state index in [9.17, 15) is 4.79 Å². The molecule has 1 amide bonds. The van der Waals surface area contributed by atoms with Crippen molar-refractivity contribution in [1.29, 1.82) is 0 Å². The van der Waals surface area contributed by atoms with E-state index in [1.165, 1.54) is 0 Å². The molecule has 4 rings (SSSR count). The smallest absolute Gasteiger partial charge is 0.224 e. The Hall–Kier alpha value is -4.26. The molecule has 0 unspecified atom stereocenters. The Balaban J connectivity index is 1.31. The second kappa shape index (κ2) is 10.4. The zero-order valence-electron chi connectivity index (χ0n) is 18.4. The molecule has 0 aliphatic rings. The first-order valence-corrected chi connectivity index (χ1v) is 10.4. The molecule has 33 heavy (non-hydrogen) atoms. The molecule has 0 atom stereocenters. The van der Waals surface area contributed by atoms with Crippen LogP contribution in [0.5, 0.6) is 23.0 Å². The fraction of sp³-hybridized carbons (Fsp3) is 0.154. The minimum absolute atomic E-state index is 0.131. The predicted molar refractivity (Wildman–Crippen MR) is 125 cm³/mol. The van der Waals surface area contributed by atoms with Gasteiger partial charge in [0.25, 0.3) is 0 Å². The number of nitrogens with zero attached hydrogens (tertiary/aromatic N) is 1. The molecule has 3 aromatic carbocycles. The summed E-state index contributed by atoms with van der Waals surface area (Å²) in [6, 6.07) is 22.2. The van der Waals surface area contributed by atoms with Gasteiger partial charge in [0.15, 0.2) is 11.7 Å². The van der Waals surface area contributed by atoms with Gasteiger partial charge >= 0.3 is 0 Å². The lowest BCUT2D eigenvalue weighted by Gasteiger charge is -2.08. The van der Waals surface area contributed by atoms with Gasteiger partial charge in [-0.15, -0.1) is 0 Å². The van der Waals surface area contributed by atoms with Crippen LogP contribution in [0.3, 0.4) is 0 Å². The number of methoxy groups -OCH3 is 2. The lowest BCUT2D eigenvalue weighted by atomic mass is 10.1. The number of ether oxygens (including phenoxy) is 3. The third-order valence-electron chi connectivity index (χ3n) is 4.91. The van der Waals surface area contributed by atoms with Crippen molar-refractivity contribution >= 4 is 11.6 Å². The largest absolute Gasteiger partial charge is 0.497 e. The summed E-state index contributed by atoms with van der Waals surface area (Å²) >= 11 is 0. The number of para-hydroxylation sites is 1. The Morgan fingerprint density at radius 3 is 2.36 bits per heavy atom. The average molecular weight is 444 g/mol. The number of aryl methyl sites for hydroxylation is 1. The summed E-state index contributed by atoms with van der Waals surface area (Å²) in [5.74, 6) is 3.67. The normalized spacial score (nSPS) is 10.5. The molecule has 4 aromatic rings. The van der Waals surface area contributed by atoms with Crippen LogP contribution >= 0.6 is 0 Å². The van der Waals surface area contributed by atoms with Crippen LogP contribution in [-0.2, 0) is 11.2 Å². The third-order valence-corrected chi connectivity index (χ3v) is 4.91. The summed E-state index contributed by atoms with van der Waals surface area (Å²) < 4.78 is 22.2. The predicted octanol–water partition coefficient (Wildman–Crippen LogP) is 5.72. The molecule has 0 aliphatic carbocycles. The Labute approximate surface area is 191 Å². The van der Waals surface area contributed by atoms with Crippen molar-refractivity contribution in [3.8, 4) is 34.3 Å². The molecule has 0 aliphatic heterocycles. The first-order chi connectivity index (χ1) is 16.1. The van der Waals surface area contributed by atoms with Gasteiger partial charge in [-0.2, -0.15) is 0 Å². The molecule has 1 N–H and O–H groups in total. The van der Waals surface area contributed by atoms with Crippen LogP contribution in [0.1, 0.15) is 12.3 Å². The second-order valence-electron chi connectivity index (χ2n) is 7.17. The zero-order valence-corrected chi connectivity index (χ0v) is 18.4. The Morgan fingerprint density at radius 1 is 0.909 bits per heavy atom. The van der Waals surface area contributed by atoms with Gasteiger partial charge in [-0.3, -0.25) is 4.79 Å². The van der Waals surface area contributed by atoms with E-state index in [4.69, 9.17) is 18.6 Å². The Morgan fingerprint density at radius 2 is 1.64 bits per heavy atom. The quantitative estimate of drug-likeness (QED) is 0.355. The minimum Gasteiger partial charge on any atom is -0.497 e. The van der Waals surface area contributed by atoms with Crippen molar-refractivity contribution in [2.75, 3.05) is 19.5 Å². The highest BCUT2D eigenvalue weighted by Gasteiger charge is 2.14. The standard InChI is InChI=1S/C26H24N2O5/c1-30-21-12-13-22(23(16-21)31-2)24-17-27-26(33-24)15-14-25(29)28-18-8-10-20(11-9-18)32-19-6-4-3-5-7-19/h3-13,16-17H,14-15H2,1-2H3,(H,28,29). The second-order valence-corrected chi connectivity index (χ2v) is 7.17. The highest BCUT2D eigenvalue weighted by Crippen LogP contribution is 2.33. The van der Waals surface area contributed by atoms with Gasteiger partial charge in [0.2, 0.25) is 5.91 Å². The van der Waals surface area contributed by atoms with Gasteiger partial charge in [0.05, 0.1) is 26.0 Å². The van der Waals surface area contributed by atoms with Crippen molar-refractivity contribution in [2.45, 2.75) is 12.8 Å². The number of benzene rings is 3. The van der Waals surface area contributed by atoms with Gasteiger partial charge in [-0.1, -0.05) is 18.2 Å². The Bertz CT molecular complexity index is 1200. The summed E-state index contributed by atoms with van der Waals surface area (Å²) in [5.41, 5.74) is 1.45. The number of nitrogens with one attached hydrogen (secondary N) is 1. The van der Waals surface area contributed by atoms with Gasteiger partial charge < -0.3 is 23.9 Å². The SMILES string of the molecule is COc1ccc(-c2cnc(CCC(=O)Nc3ccc(Oc4ccccc4)cc3)o2)c(OC)c1. The molecule has 0 saturated heterocycles. The fourth-order valence-corrected chi connectivity index (χ4v) is 3.23. The number of carbonyl (C=O) groups excluding carboxylic acids is 1. The average Bonchev–Trinajstić information content (AvgIpc) is 3.33. The maximum absolute atomic E-state index is 12.4. The molecule has 0 radical (unpaired) electrons. The van der Waals surface area contributed by atoms with E-state index >= 15 is 0 Å². The maximum atomic E-state index is 12.4. The molecule has 168 valence electrons. The van der Waals surface area contributed by atoms with Crippen molar-refractivity contribution in [1.82, 2.24) is 4.98 Å². The molecule has 0 fully saturated rings. The third kappa shape index (κ3) is 5.71. The lowest BCUT2D eigenvalue weighted by Crippen LogP contribution is -2.12. The van der Waals surface area contributed by atoms with E-state index in [1.54, 1.807) is 38.6 Å². The van der Waals surface area contributed by atoms with Crippen LogP contribution < -0.4 is 19.5 Å². The van der Waals surface area contributed by atoms with Crippen molar-refractivity contribution in [3.63, 3.8) is 0 Å². The highest BCUT2D eigenvalue weighted by molar-refractivity contribution is 5.90. The van der Waals surface area contributed by atoms with Crippen molar-refractivity contribution in [3.05, 3.63) is 84.9 Å². The van der Waals surface area contributed by atoms with E-state index in [0.29, 0.717) is 41.0 Å². The van der Waals surface area contributed by atoms with E-state index in [1.807, 2.05) is 54.6 Å². The summed E-state index contributed by atoms with van der Waals surface area (Å²) in [4.78, 5) is 16.7. The van der Waals surface area contributed by atoms with E-state index in [0.717, 1.165) is 11.3 Å². The topological polar surface area (TPSA) is 82.8 Å². The molecule has 7 nitrogen and oxygen atoms in total. The van der Waals surface area contributed by atoms with Gasteiger partial charge in [-0.25, -0.2) is 4.98 Å². The number of rotatable bonds is 9. The first kappa shape index (κ1) is 22.0. The molecular weight excluding hydrogens is 420 g/mol. The minimum atomic E-state index is -0.131. The Kier molecular flexibility index (Phi) is 6.90. The van der Waals surface area contributed by atoms with E-state index < -0.39 is 0 Å². The number of aromatic nitrogens is 1. The van der Waals surface area contributed by atoms with E-state index in [2.05, 4.69) is 10.3 Å². The van der Waals surface area contributed by atoms with Gasteiger partial charge in [0.1, 0.15) is 23.0 Å². The van der Waals surface area contributed by atoms with Crippen LogP contribution in [0.4, 0.5) is 5.69 Å². The van der Waals surface area contributed by atoms with Crippen LogP contribution in [0.25, 0.3) is 11.3 Å². The number of oxazole rings is 1. The summed E-state index contributed by atoms with van der Waals surface area (Å²) in [5, 5.41) is 2.87.